The van der Waals surface area contributed by atoms with E-state index in [1.807, 2.05) is 18.8 Å². The van der Waals surface area contributed by atoms with Gasteiger partial charge < -0.3 is 5.32 Å². The van der Waals surface area contributed by atoms with E-state index < -0.39 is 0 Å². The van der Waals surface area contributed by atoms with E-state index in [9.17, 15) is 0 Å². The van der Waals surface area contributed by atoms with Gasteiger partial charge in [0.2, 0.25) is 0 Å². The van der Waals surface area contributed by atoms with Crippen molar-refractivity contribution in [3.05, 3.63) is 16.6 Å². The van der Waals surface area contributed by atoms with Gasteiger partial charge in [-0.15, -0.1) is 11.3 Å². The number of rotatable bonds is 5. The van der Waals surface area contributed by atoms with Gasteiger partial charge in [-0.05, 0) is 45.4 Å². The Hall–Kier alpha value is -0.450. The second-order valence-corrected chi connectivity index (χ2v) is 5.41. The molecule has 0 aromatic carbocycles. The lowest BCUT2D eigenvalue weighted by molar-refractivity contribution is 0.230. The summed E-state index contributed by atoms with van der Waals surface area (Å²) in [6.07, 6.45) is 4.59. The molecule has 1 aliphatic rings. The van der Waals surface area contributed by atoms with Crippen molar-refractivity contribution in [1.29, 1.82) is 0 Å². The minimum absolute atomic E-state index is 0.597. The second-order valence-electron chi connectivity index (χ2n) is 4.49. The van der Waals surface area contributed by atoms with Crippen molar-refractivity contribution in [2.45, 2.75) is 25.8 Å². The Morgan fingerprint density at radius 1 is 1.62 bits per heavy atom. The fraction of sp³-hybridized carbons (Fsp3) is 0.750. The van der Waals surface area contributed by atoms with Gasteiger partial charge in [-0.25, -0.2) is 0 Å². The van der Waals surface area contributed by atoms with Crippen LogP contribution in [0.1, 0.15) is 30.7 Å². The number of nitrogens with zero attached hydrogens (tertiary/aromatic N) is 2. The normalized spacial score (nSPS) is 26.4. The number of aromatic nitrogens is 1. The molecule has 0 aliphatic carbocycles. The monoisotopic (exact) mass is 239 g/mol. The molecule has 0 saturated carbocycles. The predicted molar refractivity (Wildman–Crippen MR) is 68.8 cm³/mol. The Morgan fingerprint density at radius 3 is 3.12 bits per heavy atom. The Bertz CT molecular complexity index is 285. The first-order chi connectivity index (χ1) is 7.86. The molecule has 1 aromatic heterocycles. The summed E-state index contributed by atoms with van der Waals surface area (Å²) in [4.78, 5) is 8.28. The van der Waals surface area contributed by atoms with Crippen LogP contribution in [0.2, 0.25) is 0 Å². The molecule has 90 valence electrons. The maximum Gasteiger partial charge on any atom is 0.0794 e. The van der Waals surface area contributed by atoms with Gasteiger partial charge in [0.15, 0.2) is 0 Å². The smallest absolute Gasteiger partial charge is 0.0794 e. The molecule has 1 N–H and O–H groups in total. The van der Waals surface area contributed by atoms with Crippen LogP contribution in [-0.2, 0) is 0 Å². The Kier molecular flexibility index (Phi) is 4.32. The predicted octanol–water partition coefficient (Wildman–Crippen LogP) is 2.14. The summed E-state index contributed by atoms with van der Waals surface area (Å²) in [6.45, 7) is 5.82. The van der Waals surface area contributed by atoms with Gasteiger partial charge in [0, 0.05) is 17.1 Å². The van der Waals surface area contributed by atoms with E-state index in [1.54, 1.807) is 11.3 Å². The van der Waals surface area contributed by atoms with Crippen molar-refractivity contribution in [2.75, 3.05) is 26.7 Å². The maximum absolute atomic E-state index is 4.23. The average molecular weight is 239 g/mol. The lowest BCUT2D eigenvalue weighted by Gasteiger charge is -2.26. The highest BCUT2D eigenvalue weighted by atomic mass is 32.1. The van der Waals surface area contributed by atoms with Gasteiger partial charge in [-0.1, -0.05) is 6.92 Å². The van der Waals surface area contributed by atoms with Crippen molar-refractivity contribution in [3.8, 4) is 0 Å². The van der Waals surface area contributed by atoms with E-state index in [0.29, 0.717) is 6.04 Å². The van der Waals surface area contributed by atoms with E-state index in [0.717, 1.165) is 12.5 Å². The molecule has 0 spiro atoms. The molecule has 1 saturated heterocycles. The summed E-state index contributed by atoms with van der Waals surface area (Å²) in [6, 6.07) is 0.597. The molecule has 2 unspecified atom stereocenters. The Balaban J connectivity index is 2.12. The van der Waals surface area contributed by atoms with Crippen LogP contribution in [0.15, 0.2) is 11.7 Å². The average Bonchev–Trinajstić information content (AvgIpc) is 2.88. The van der Waals surface area contributed by atoms with Gasteiger partial charge in [0.25, 0.3) is 0 Å². The van der Waals surface area contributed by atoms with E-state index in [2.05, 4.69) is 22.1 Å². The van der Waals surface area contributed by atoms with Gasteiger partial charge in [-0.2, -0.15) is 0 Å². The molecular formula is C12H21N3S. The minimum Gasteiger partial charge on any atom is -0.319 e. The van der Waals surface area contributed by atoms with Gasteiger partial charge in [-0.3, -0.25) is 9.88 Å². The number of hydrogen-bond donors (Lipinski definition) is 1. The third-order valence-corrected chi connectivity index (χ3v) is 4.19. The third-order valence-electron chi connectivity index (χ3n) is 3.35. The Morgan fingerprint density at radius 2 is 2.50 bits per heavy atom. The molecule has 1 aliphatic heterocycles. The molecule has 3 nitrogen and oxygen atoms in total. The van der Waals surface area contributed by atoms with Gasteiger partial charge in [0.1, 0.15) is 0 Å². The van der Waals surface area contributed by atoms with Crippen LogP contribution in [0.25, 0.3) is 0 Å². The SMILES string of the molecule is CCCN1CCC(CNC)C1c1cncs1. The van der Waals surface area contributed by atoms with Crippen LogP contribution < -0.4 is 5.32 Å². The molecule has 4 heteroatoms. The van der Waals surface area contributed by atoms with Crippen molar-refractivity contribution in [2.24, 2.45) is 5.92 Å². The topological polar surface area (TPSA) is 28.2 Å². The summed E-state index contributed by atoms with van der Waals surface area (Å²) in [5.41, 5.74) is 1.95. The summed E-state index contributed by atoms with van der Waals surface area (Å²) in [5.74, 6) is 0.747. The zero-order chi connectivity index (χ0) is 11.4. The molecule has 0 bridgehead atoms. The minimum atomic E-state index is 0.597. The zero-order valence-electron chi connectivity index (χ0n) is 10.1. The molecule has 1 fully saturated rings. The molecule has 0 radical (unpaired) electrons. The van der Waals surface area contributed by atoms with Crippen molar-refractivity contribution in [1.82, 2.24) is 15.2 Å². The van der Waals surface area contributed by atoms with Crippen LogP contribution in [-0.4, -0.2) is 36.6 Å². The van der Waals surface area contributed by atoms with Crippen molar-refractivity contribution < 1.29 is 0 Å². The molecule has 0 amide bonds. The first kappa shape index (κ1) is 12.0. The van der Waals surface area contributed by atoms with Crippen LogP contribution in [0.4, 0.5) is 0 Å². The standard InChI is InChI=1S/C12H21N3S/c1-3-5-15-6-4-10(7-13-2)12(15)11-8-14-9-16-11/h8-10,12-13H,3-7H2,1-2H3. The largest absolute Gasteiger partial charge is 0.319 e. The first-order valence-electron chi connectivity index (χ1n) is 6.13. The van der Waals surface area contributed by atoms with Crippen molar-refractivity contribution in [3.63, 3.8) is 0 Å². The van der Waals surface area contributed by atoms with E-state index in [4.69, 9.17) is 0 Å². The van der Waals surface area contributed by atoms with E-state index >= 15 is 0 Å². The van der Waals surface area contributed by atoms with Crippen LogP contribution in [0, 0.1) is 5.92 Å². The lowest BCUT2D eigenvalue weighted by atomic mass is 9.99. The fourth-order valence-electron chi connectivity index (χ4n) is 2.72. The lowest BCUT2D eigenvalue weighted by Crippen LogP contribution is -2.29. The Labute approximate surface area is 102 Å². The number of hydrogen-bond acceptors (Lipinski definition) is 4. The number of nitrogens with one attached hydrogen (secondary N) is 1. The molecule has 1 aromatic rings. The fourth-order valence-corrected chi connectivity index (χ4v) is 3.57. The molecule has 2 heterocycles. The summed E-state index contributed by atoms with van der Waals surface area (Å²) < 4.78 is 0. The van der Waals surface area contributed by atoms with Crippen LogP contribution in [0.3, 0.4) is 0 Å². The van der Waals surface area contributed by atoms with E-state index in [1.165, 1.54) is 30.8 Å². The summed E-state index contributed by atoms with van der Waals surface area (Å²) >= 11 is 1.80. The molecule has 2 rings (SSSR count). The van der Waals surface area contributed by atoms with Gasteiger partial charge in [0.05, 0.1) is 5.51 Å². The van der Waals surface area contributed by atoms with Crippen molar-refractivity contribution >= 4 is 11.3 Å². The first-order valence-corrected chi connectivity index (χ1v) is 7.01. The van der Waals surface area contributed by atoms with E-state index in [-0.39, 0.29) is 0 Å². The highest BCUT2D eigenvalue weighted by molar-refractivity contribution is 7.09. The summed E-state index contributed by atoms with van der Waals surface area (Å²) in [5, 5.41) is 3.32. The third kappa shape index (κ3) is 2.44. The quantitative estimate of drug-likeness (QED) is 0.853. The zero-order valence-corrected chi connectivity index (χ0v) is 11.0. The molecular weight excluding hydrogens is 218 g/mol. The van der Waals surface area contributed by atoms with Crippen LogP contribution >= 0.6 is 11.3 Å². The van der Waals surface area contributed by atoms with Crippen LogP contribution in [0.5, 0.6) is 0 Å². The number of thiazole rings is 1. The highest BCUT2D eigenvalue weighted by Crippen LogP contribution is 2.38. The highest BCUT2D eigenvalue weighted by Gasteiger charge is 2.34. The maximum atomic E-state index is 4.23. The summed E-state index contributed by atoms with van der Waals surface area (Å²) in [7, 11) is 2.05. The second kappa shape index (κ2) is 5.75. The molecule has 16 heavy (non-hydrogen) atoms. The number of likely N-dealkylation sites (tertiary alicyclic amines) is 1. The molecule has 2 atom stereocenters. The van der Waals surface area contributed by atoms with Gasteiger partial charge >= 0.3 is 0 Å².